The Morgan fingerprint density at radius 2 is 1.07 bits per heavy atom. The molecule has 6 heteroatoms. The molecule has 1 heterocycles. The highest BCUT2D eigenvalue weighted by Gasteiger charge is 2.03. The lowest BCUT2D eigenvalue weighted by molar-refractivity contribution is -2.00. The van der Waals surface area contributed by atoms with Gasteiger partial charge in [0, 0.05) is 35.1 Å². The Labute approximate surface area is 159 Å². The second kappa shape index (κ2) is 10.1. The number of halogens is 1. The van der Waals surface area contributed by atoms with Crippen LogP contribution in [0.1, 0.15) is 16.8 Å². The van der Waals surface area contributed by atoms with Gasteiger partial charge in [-0.2, -0.15) is 0 Å². The molecule has 0 amide bonds. The van der Waals surface area contributed by atoms with E-state index in [1.807, 2.05) is 89.6 Å². The van der Waals surface area contributed by atoms with Gasteiger partial charge < -0.3 is 0 Å². The van der Waals surface area contributed by atoms with Crippen molar-refractivity contribution >= 4 is 0 Å². The summed E-state index contributed by atoms with van der Waals surface area (Å²) >= 11 is 0. The number of nitrogens with zero attached hydrogens (tertiary/aromatic N) is 1. The molecule has 0 fully saturated rings. The molecule has 0 spiro atoms. The van der Waals surface area contributed by atoms with Gasteiger partial charge >= 0.3 is 0 Å². The summed E-state index contributed by atoms with van der Waals surface area (Å²) in [5, 5.41) is 0. The minimum atomic E-state index is -4.94. The molecule has 3 rings (SSSR count). The van der Waals surface area contributed by atoms with Crippen LogP contribution in [0.15, 0.2) is 85.1 Å². The maximum Gasteiger partial charge on any atom is 0.272 e. The van der Waals surface area contributed by atoms with E-state index in [4.69, 9.17) is 18.6 Å². The van der Waals surface area contributed by atoms with Crippen molar-refractivity contribution in [3.05, 3.63) is 102 Å². The number of hydrogen-bond donors (Lipinski definition) is 0. The van der Waals surface area contributed by atoms with Crippen molar-refractivity contribution in [1.82, 2.24) is 0 Å². The lowest BCUT2D eigenvalue weighted by Crippen LogP contribution is -2.68. The van der Waals surface area contributed by atoms with Gasteiger partial charge in [-0.05, 0) is 30.3 Å². The first-order valence-corrected chi connectivity index (χ1v) is 8.92. The van der Waals surface area contributed by atoms with E-state index in [1.54, 1.807) is 0 Å². The van der Waals surface area contributed by atoms with Crippen LogP contribution in [0.4, 0.5) is 0 Å². The Kier molecular flexibility index (Phi) is 7.54. The van der Waals surface area contributed by atoms with Crippen LogP contribution in [-0.2, 0) is 0 Å². The predicted molar refractivity (Wildman–Crippen MR) is 87.8 cm³/mol. The van der Waals surface area contributed by atoms with Crippen LogP contribution >= 0.6 is 0 Å². The quantitative estimate of drug-likeness (QED) is 0.350. The molecule has 0 aliphatic heterocycles. The smallest absolute Gasteiger partial charge is 0.222 e. The van der Waals surface area contributed by atoms with Crippen LogP contribution in [0.25, 0.3) is 0 Å². The number of pyridine rings is 1. The van der Waals surface area contributed by atoms with Crippen molar-refractivity contribution in [1.29, 1.82) is 0 Å². The largest absolute Gasteiger partial charge is 0.272 e. The minimum Gasteiger partial charge on any atom is -0.222 e. The summed E-state index contributed by atoms with van der Waals surface area (Å²) in [6, 6.07) is 28.9. The maximum atomic E-state index is 8.49. The second-order valence-corrected chi connectivity index (χ2v) is 5.81. The highest BCUT2D eigenvalue weighted by molar-refractivity contribution is 5.38. The van der Waals surface area contributed by atoms with Gasteiger partial charge in [-0.25, -0.2) is 18.6 Å². The van der Waals surface area contributed by atoms with Gasteiger partial charge in [0.25, 0.3) is 5.69 Å². The Balaban J connectivity index is 0.000000465. The molecule has 0 saturated carbocycles. The average Bonchev–Trinajstić information content (AvgIpc) is 2.66. The molecule has 3 aromatic rings. The van der Waals surface area contributed by atoms with Gasteiger partial charge in [0.1, 0.15) is 0 Å². The van der Waals surface area contributed by atoms with Gasteiger partial charge in [-0.1, -0.05) is 42.3 Å². The number of aromatic nitrogens is 1. The van der Waals surface area contributed by atoms with E-state index >= 15 is 0 Å². The minimum absolute atomic E-state index is 0.870. The molecule has 0 saturated heterocycles. The van der Waals surface area contributed by atoms with Crippen molar-refractivity contribution in [3.63, 3.8) is 0 Å². The first-order valence-electron chi connectivity index (χ1n) is 7.68. The highest BCUT2D eigenvalue weighted by Crippen LogP contribution is 1.97. The van der Waals surface area contributed by atoms with Crippen LogP contribution in [0.3, 0.4) is 0 Å². The summed E-state index contributed by atoms with van der Waals surface area (Å²) in [5.74, 6) is 9.48. The molecule has 0 radical (unpaired) electrons. The second-order valence-electron chi connectivity index (χ2n) is 5.05. The monoisotopic (exact) mass is 379 g/mol. The van der Waals surface area contributed by atoms with E-state index < -0.39 is 10.2 Å². The number of benzene rings is 2. The molecule has 1 aromatic heterocycles. The van der Waals surface area contributed by atoms with Crippen LogP contribution in [0.5, 0.6) is 0 Å². The van der Waals surface area contributed by atoms with Crippen molar-refractivity contribution in [2.24, 2.45) is 0 Å². The standard InChI is InChI=1S/C21H14N.ClHO4/c1-3-9-19(10-4-1)14-15-21-13-7-8-17-22(21)18-16-20-11-5-2-6-12-20;2-1(3,4)5/h1-13,17H;(H,2,3,4,5)/q+1;/p-1. The number of rotatable bonds is 0. The first-order chi connectivity index (χ1) is 12.9. The van der Waals surface area contributed by atoms with Crippen molar-refractivity contribution in [3.8, 4) is 23.8 Å². The van der Waals surface area contributed by atoms with E-state index in [0.717, 1.165) is 16.8 Å². The Bertz CT molecular complexity index is 896. The Morgan fingerprint density at radius 1 is 0.593 bits per heavy atom. The summed E-state index contributed by atoms with van der Waals surface area (Å²) in [5.41, 5.74) is 2.85. The molecular formula is C21H14ClNO4. The summed E-state index contributed by atoms with van der Waals surface area (Å²) in [7, 11) is -4.94. The third-order valence-electron chi connectivity index (χ3n) is 3.06. The van der Waals surface area contributed by atoms with Crippen molar-refractivity contribution < 1.29 is 33.4 Å². The maximum absolute atomic E-state index is 8.49. The SMILES string of the molecule is C(#Cc1cccc[n+]1C#Cc1ccccc1)c1ccccc1.[O-][Cl+3]([O-])([O-])[O-]. The first kappa shape index (κ1) is 20.2. The average molecular weight is 380 g/mol. The molecule has 2 aromatic carbocycles. The predicted octanol–water partition coefficient (Wildman–Crippen LogP) is -1.52. The zero-order valence-corrected chi connectivity index (χ0v) is 14.8. The fraction of sp³-hybridized carbons (Fsp3) is 0. The van der Waals surface area contributed by atoms with E-state index in [2.05, 4.69) is 23.8 Å². The molecule has 0 aliphatic carbocycles. The van der Waals surface area contributed by atoms with Gasteiger partial charge in [0.15, 0.2) is 6.20 Å². The zero-order chi connectivity index (χ0) is 19.5. The van der Waals surface area contributed by atoms with Crippen LogP contribution in [0, 0.1) is 34.0 Å². The van der Waals surface area contributed by atoms with Crippen molar-refractivity contribution in [2.45, 2.75) is 0 Å². The third kappa shape index (κ3) is 8.66. The van der Waals surface area contributed by atoms with Gasteiger partial charge in [-0.15, -0.1) is 14.8 Å². The molecule has 0 N–H and O–H groups in total. The Hall–Kier alpha value is -3.16. The van der Waals surface area contributed by atoms with Gasteiger partial charge in [0.05, 0.1) is 0 Å². The molecule has 27 heavy (non-hydrogen) atoms. The topological polar surface area (TPSA) is 96.1 Å². The van der Waals surface area contributed by atoms with Crippen LogP contribution in [-0.4, -0.2) is 0 Å². The molecule has 0 atom stereocenters. The van der Waals surface area contributed by atoms with E-state index in [-0.39, 0.29) is 0 Å². The fourth-order valence-electron chi connectivity index (χ4n) is 1.95. The van der Waals surface area contributed by atoms with Crippen LogP contribution in [0.2, 0.25) is 0 Å². The summed E-state index contributed by atoms with van der Waals surface area (Å²) in [6.45, 7) is 0. The van der Waals surface area contributed by atoms with Gasteiger partial charge in [-0.3, -0.25) is 0 Å². The number of hydrogen-bond acceptors (Lipinski definition) is 4. The summed E-state index contributed by atoms with van der Waals surface area (Å²) < 4.78 is 35.8. The molecule has 0 unspecified atom stereocenters. The molecule has 0 bridgehead atoms. The molecule has 5 nitrogen and oxygen atoms in total. The zero-order valence-electron chi connectivity index (χ0n) is 14.0. The summed E-state index contributed by atoms with van der Waals surface area (Å²) in [4.78, 5) is 0. The van der Waals surface area contributed by atoms with E-state index in [0.29, 0.717) is 0 Å². The molecule has 0 aliphatic rings. The molecular weight excluding hydrogens is 366 g/mol. The fourth-order valence-corrected chi connectivity index (χ4v) is 1.95. The van der Waals surface area contributed by atoms with Crippen LogP contribution < -0.4 is 23.2 Å². The summed E-state index contributed by atoms with van der Waals surface area (Å²) in [6.07, 6.45) is 1.92. The normalized spacial score (nSPS) is 9.63. The van der Waals surface area contributed by atoms with Crippen molar-refractivity contribution in [2.75, 3.05) is 0 Å². The van der Waals surface area contributed by atoms with E-state index in [1.165, 1.54) is 0 Å². The lowest BCUT2D eigenvalue weighted by Gasteiger charge is -2.17. The highest BCUT2D eigenvalue weighted by atomic mass is 35.7. The van der Waals surface area contributed by atoms with E-state index in [9.17, 15) is 0 Å². The lowest BCUT2D eigenvalue weighted by atomic mass is 10.2. The van der Waals surface area contributed by atoms with Gasteiger partial charge in [0.2, 0.25) is 6.04 Å². The molecule has 134 valence electrons. The third-order valence-corrected chi connectivity index (χ3v) is 3.06. The Morgan fingerprint density at radius 3 is 1.63 bits per heavy atom.